The molecule has 0 saturated carbocycles. The van der Waals surface area contributed by atoms with Crippen LogP contribution in [-0.4, -0.2) is 28.0 Å². The summed E-state index contributed by atoms with van der Waals surface area (Å²) in [4.78, 5) is 25.1. The maximum absolute atomic E-state index is 11.5. The number of anilines is 1. The zero-order valence-corrected chi connectivity index (χ0v) is 17.3. The maximum Gasteiger partial charge on any atom is 0.330 e. The van der Waals surface area contributed by atoms with Gasteiger partial charge < -0.3 is 10.1 Å². The van der Waals surface area contributed by atoms with Crippen LogP contribution in [0.25, 0.3) is 22.6 Å². The van der Waals surface area contributed by atoms with Crippen LogP contribution >= 0.6 is 0 Å². The van der Waals surface area contributed by atoms with Crippen LogP contribution in [0.1, 0.15) is 30.9 Å². The number of benzene rings is 1. The van der Waals surface area contributed by atoms with E-state index in [1.807, 2.05) is 50.3 Å². The highest BCUT2D eigenvalue weighted by atomic mass is 16.5. The van der Waals surface area contributed by atoms with Crippen LogP contribution in [0.15, 0.2) is 66.9 Å². The van der Waals surface area contributed by atoms with E-state index in [0.29, 0.717) is 18.2 Å². The van der Waals surface area contributed by atoms with Crippen LogP contribution in [-0.2, 0) is 16.1 Å². The molecule has 0 fully saturated rings. The van der Waals surface area contributed by atoms with E-state index in [1.165, 1.54) is 13.2 Å². The van der Waals surface area contributed by atoms with E-state index >= 15 is 0 Å². The molecule has 6 heteroatoms. The first-order valence-electron chi connectivity index (χ1n) is 9.66. The molecule has 2 heterocycles. The molecular weight excluding hydrogens is 376 g/mol. The van der Waals surface area contributed by atoms with Gasteiger partial charge in [0.2, 0.25) is 0 Å². The van der Waals surface area contributed by atoms with Crippen molar-refractivity contribution in [1.29, 1.82) is 0 Å². The van der Waals surface area contributed by atoms with Crippen LogP contribution in [0.4, 0.5) is 5.82 Å². The molecule has 6 nitrogen and oxygen atoms in total. The van der Waals surface area contributed by atoms with Gasteiger partial charge >= 0.3 is 5.97 Å². The van der Waals surface area contributed by atoms with E-state index in [-0.39, 0.29) is 0 Å². The third-order valence-electron chi connectivity index (χ3n) is 4.44. The third kappa shape index (κ3) is 4.97. The molecule has 0 bridgehead atoms. The number of methoxy groups -OCH3 is 1. The number of esters is 1. The van der Waals surface area contributed by atoms with E-state index in [1.54, 1.807) is 12.3 Å². The average molecular weight is 400 g/mol. The number of aromatic nitrogens is 3. The number of pyridine rings is 1. The first-order valence-corrected chi connectivity index (χ1v) is 9.66. The lowest BCUT2D eigenvalue weighted by molar-refractivity contribution is -0.134. The van der Waals surface area contributed by atoms with Gasteiger partial charge in [0, 0.05) is 12.3 Å². The molecule has 0 aliphatic rings. The Kier molecular flexibility index (Phi) is 7.05. The van der Waals surface area contributed by atoms with E-state index < -0.39 is 5.97 Å². The predicted octanol–water partition coefficient (Wildman–Crippen LogP) is 4.80. The summed E-state index contributed by atoms with van der Waals surface area (Å²) < 4.78 is 4.67. The SMILES string of the molecule is C/C=C\C(=C/C)c1cccc2nc(/C=C/C(=O)OC)nc(NCc3ccccn3)c12. The first-order chi connectivity index (χ1) is 14.7. The minimum absolute atomic E-state index is 0.418. The van der Waals surface area contributed by atoms with Crippen molar-refractivity contribution >= 4 is 34.3 Å². The zero-order valence-electron chi connectivity index (χ0n) is 17.3. The number of allylic oxidation sites excluding steroid dienone is 4. The molecule has 0 aliphatic heterocycles. The lowest BCUT2D eigenvalue weighted by atomic mass is 10.00. The summed E-state index contributed by atoms with van der Waals surface area (Å²) in [7, 11) is 1.33. The van der Waals surface area contributed by atoms with Crippen LogP contribution in [0, 0.1) is 0 Å². The summed E-state index contributed by atoms with van der Waals surface area (Å²) in [6, 6.07) is 11.7. The van der Waals surface area contributed by atoms with Crippen molar-refractivity contribution in [3.05, 3.63) is 84.0 Å². The number of hydrogen-bond donors (Lipinski definition) is 1. The number of nitrogens with one attached hydrogen (secondary N) is 1. The Morgan fingerprint density at radius 2 is 1.97 bits per heavy atom. The second-order valence-corrected chi connectivity index (χ2v) is 6.41. The zero-order chi connectivity index (χ0) is 21.3. The Hall–Kier alpha value is -3.80. The number of fused-ring (bicyclic) bond motifs is 1. The van der Waals surface area contributed by atoms with Gasteiger partial charge in [-0.3, -0.25) is 4.98 Å². The largest absolute Gasteiger partial charge is 0.466 e. The quantitative estimate of drug-likeness (QED) is 0.349. The van der Waals surface area contributed by atoms with Gasteiger partial charge in [-0.2, -0.15) is 0 Å². The molecular formula is C24H24N4O2. The predicted molar refractivity (Wildman–Crippen MR) is 121 cm³/mol. The molecule has 2 aromatic heterocycles. The van der Waals surface area contributed by atoms with Gasteiger partial charge in [0.05, 0.1) is 30.3 Å². The van der Waals surface area contributed by atoms with Gasteiger partial charge in [0.25, 0.3) is 0 Å². The van der Waals surface area contributed by atoms with E-state index in [4.69, 9.17) is 0 Å². The fourth-order valence-corrected chi connectivity index (χ4v) is 3.05. The molecule has 0 spiro atoms. The lowest BCUT2D eigenvalue weighted by Crippen LogP contribution is -2.06. The van der Waals surface area contributed by atoms with E-state index in [9.17, 15) is 4.79 Å². The van der Waals surface area contributed by atoms with Gasteiger partial charge in [-0.15, -0.1) is 0 Å². The number of hydrogen-bond acceptors (Lipinski definition) is 6. The van der Waals surface area contributed by atoms with Crippen molar-refractivity contribution in [2.75, 3.05) is 12.4 Å². The smallest absolute Gasteiger partial charge is 0.330 e. The van der Waals surface area contributed by atoms with Crippen molar-refractivity contribution in [2.24, 2.45) is 0 Å². The Morgan fingerprint density at radius 3 is 2.67 bits per heavy atom. The number of nitrogens with zero attached hydrogens (tertiary/aromatic N) is 3. The number of carbonyl (C=O) groups excluding carboxylic acids is 1. The first kappa shape index (κ1) is 20.9. The molecule has 0 atom stereocenters. The third-order valence-corrected chi connectivity index (χ3v) is 4.44. The monoisotopic (exact) mass is 400 g/mol. The molecule has 30 heavy (non-hydrogen) atoms. The molecule has 1 aromatic carbocycles. The van der Waals surface area contributed by atoms with E-state index in [0.717, 1.165) is 27.7 Å². The van der Waals surface area contributed by atoms with Crippen LogP contribution in [0.2, 0.25) is 0 Å². The van der Waals surface area contributed by atoms with Gasteiger partial charge in [-0.1, -0.05) is 36.4 Å². The minimum atomic E-state index is -0.459. The minimum Gasteiger partial charge on any atom is -0.466 e. The molecule has 0 unspecified atom stereocenters. The number of rotatable bonds is 7. The van der Waals surface area contributed by atoms with Gasteiger partial charge in [-0.05, 0) is 49.3 Å². The molecule has 0 saturated heterocycles. The summed E-state index contributed by atoms with van der Waals surface area (Å²) in [6.45, 7) is 4.50. The molecule has 1 N–H and O–H groups in total. The highest BCUT2D eigenvalue weighted by Gasteiger charge is 2.13. The molecule has 0 aliphatic carbocycles. The fraction of sp³-hybridized carbons (Fsp3) is 0.167. The van der Waals surface area contributed by atoms with Crippen molar-refractivity contribution in [1.82, 2.24) is 15.0 Å². The van der Waals surface area contributed by atoms with Crippen molar-refractivity contribution in [2.45, 2.75) is 20.4 Å². The lowest BCUT2D eigenvalue weighted by Gasteiger charge is -2.14. The van der Waals surface area contributed by atoms with Crippen LogP contribution in [0.5, 0.6) is 0 Å². The van der Waals surface area contributed by atoms with Gasteiger partial charge in [0.1, 0.15) is 5.82 Å². The van der Waals surface area contributed by atoms with Gasteiger partial charge in [-0.25, -0.2) is 14.8 Å². The topological polar surface area (TPSA) is 77.0 Å². The van der Waals surface area contributed by atoms with Crippen molar-refractivity contribution < 1.29 is 9.53 Å². The molecule has 0 radical (unpaired) electrons. The van der Waals surface area contributed by atoms with E-state index in [2.05, 4.69) is 43.2 Å². The highest BCUT2D eigenvalue weighted by molar-refractivity contribution is 6.01. The molecule has 152 valence electrons. The summed E-state index contributed by atoms with van der Waals surface area (Å²) >= 11 is 0. The maximum atomic E-state index is 11.5. The normalized spacial score (nSPS) is 12.0. The number of ether oxygens (including phenoxy) is 1. The fourth-order valence-electron chi connectivity index (χ4n) is 3.05. The number of carbonyl (C=O) groups is 1. The molecule has 0 amide bonds. The summed E-state index contributed by atoms with van der Waals surface area (Å²) in [6.07, 6.45) is 10.7. The highest BCUT2D eigenvalue weighted by Crippen LogP contribution is 2.30. The van der Waals surface area contributed by atoms with Crippen LogP contribution < -0.4 is 5.32 Å². The summed E-state index contributed by atoms with van der Waals surface area (Å²) in [5.74, 6) is 0.635. The molecule has 3 aromatic rings. The summed E-state index contributed by atoms with van der Waals surface area (Å²) in [5.41, 5.74) is 3.78. The Bertz CT molecular complexity index is 1120. The second-order valence-electron chi connectivity index (χ2n) is 6.41. The Morgan fingerprint density at radius 1 is 1.10 bits per heavy atom. The summed E-state index contributed by atoms with van der Waals surface area (Å²) in [5, 5.41) is 4.30. The Labute approximate surface area is 176 Å². The average Bonchev–Trinajstić information content (AvgIpc) is 2.79. The van der Waals surface area contributed by atoms with Crippen molar-refractivity contribution in [3.63, 3.8) is 0 Å². The van der Waals surface area contributed by atoms with Crippen LogP contribution in [0.3, 0.4) is 0 Å². The van der Waals surface area contributed by atoms with Gasteiger partial charge in [0.15, 0.2) is 5.82 Å². The second kappa shape index (κ2) is 10.1. The Balaban J connectivity index is 2.13. The van der Waals surface area contributed by atoms with Crippen molar-refractivity contribution in [3.8, 4) is 0 Å². The standard InChI is InChI=1S/C24H24N4O2/c1-4-9-17(5-2)19-11-8-12-20-23(19)24(26-16-18-10-6-7-15-25-18)28-21(27-20)13-14-22(29)30-3/h4-15H,16H2,1-3H3,(H,26,27,28)/b9-4-,14-13+,17-5+. The molecule has 3 rings (SSSR count).